The molecular formula is C18H15NO4. The van der Waals surface area contributed by atoms with Crippen molar-refractivity contribution in [2.45, 2.75) is 6.92 Å². The molecule has 4 N–H and O–H groups in total. The van der Waals surface area contributed by atoms with Gasteiger partial charge in [0, 0.05) is 28.4 Å². The summed E-state index contributed by atoms with van der Waals surface area (Å²) in [5.74, 6) is -0.632. The summed E-state index contributed by atoms with van der Waals surface area (Å²) in [5, 5.41) is 42.3. The van der Waals surface area contributed by atoms with Gasteiger partial charge < -0.3 is 25.3 Å². The highest BCUT2D eigenvalue weighted by Gasteiger charge is 2.19. The summed E-state index contributed by atoms with van der Waals surface area (Å²) in [7, 11) is 0. The van der Waals surface area contributed by atoms with Crippen molar-refractivity contribution in [2.75, 3.05) is 6.54 Å². The molecule has 0 amide bonds. The minimum absolute atomic E-state index is 0.145. The molecule has 2 heterocycles. The zero-order valence-corrected chi connectivity index (χ0v) is 12.4. The number of phenols is 4. The number of fused-ring (bicyclic) bond motifs is 3. The van der Waals surface area contributed by atoms with Crippen LogP contribution in [0.3, 0.4) is 0 Å². The van der Waals surface area contributed by atoms with Crippen LogP contribution in [0, 0.1) is 0 Å². The SMILES string of the molecule is CC1=c2cc(O)c(O)cc2=CC2=c3cc(O)c(O)cc3=CCN12. The molecule has 0 aromatic heterocycles. The second kappa shape index (κ2) is 4.46. The fourth-order valence-corrected chi connectivity index (χ4v) is 3.21. The Labute approximate surface area is 131 Å². The van der Waals surface area contributed by atoms with Crippen LogP contribution in [0.1, 0.15) is 6.92 Å². The maximum absolute atomic E-state index is 9.82. The van der Waals surface area contributed by atoms with Crippen LogP contribution < -0.4 is 20.9 Å². The average Bonchev–Trinajstić information content (AvgIpc) is 2.51. The molecule has 0 aliphatic carbocycles. The monoisotopic (exact) mass is 309 g/mol. The van der Waals surface area contributed by atoms with E-state index in [4.69, 9.17) is 0 Å². The molecule has 2 aliphatic heterocycles. The topological polar surface area (TPSA) is 84.2 Å². The van der Waals surface area contributed by atoms with Crippen LogP contribution in [0.25, 0.3) is 23.5 Å². The second-order valence-electron chi connectivity index (χ2n) is 5.79. The van der Waals surface area contributed by atoms with Crippen molar-refractivity contribution in [3.63, 3.8) is 0 Å². The summed E-state index contributed by atoms with van der Waals surface area (Å²) in [6.07, 6.45) is 3.88. The lowest BCUT2D eigenvalue weighted by atomic mass is 10.0. The smallest absolute Gasteiger partial charge is 0.158 e. The van der Waals surface area contributed by atoms with E-state index in [9.17, 15) is 20.4 Å². The van der Waals surface area contributed by atoms with E-state index in [0.717, 1.165) is 32.3 Å². The number of hydrogen-bond donors (Lipinski definition) is 4. The molecule has 5 nitrogen and oxygen atoms in total. The lowest BCUT2D eigenvalue weighted by Crippen LogP contribution is -2.44. The molecule has 2 aromatic rings. The van der Waals surface area contributed by atoms with Gasteiger partial charge in [-0.05, 0) is 47.7 Å². The van der Waals surface area contributed by atoms with E-state index in [1.807, 2.05) is 19.1 Å². The highest BCUT2D eigenvalue weighted by molar-refractivity contribution is 5.84. The number of hydrogen-bond acceptors (Lipinski definition) is 5. The first kappa shape index (κ1) is 13.6. The average molecular weight is 309 g/mol. The van der Waals surface area contributed by atoms with Crippen LogP contribution in [-0.2, 0) is 0 Å². The Bertz CT molecular complexity index is 1100. The molecule has 2 aliphatic rings. The van der Waals surface area contributed by atoms with Gasteiger partial charge in [0.2, 0.25) is 0 Å². The van der Waals surface area contributed by atoms with Gasteiger partial charge in [0.15, 0.2) is 23.0 Å². The summed E-state index contributed by atoms with van der Waals surface area (Å²) in [6.45, 7) is 2.57. The van der Waals surface area contributed by atoms with Gasteiger partial charge in [0.1, 0.15) is 0 Å². The van der Waals surface area contributed by atoms with E-state index in [-0.39, 0.29) is 23.0 Å². The third-order valence-electron chi connectivity index (χ3n) is 4.44. The highest BCUT2D eigenvalue weighted by Crippen LogP contribution is 2.24. The van der Waals surface area contributed by atoms with E-state index in [1.54, 1.807) is 12.1 Å². The number of nitrogens with zero attached hydrogens (tertiary/aromatic N) is 1. The van der Waals surface area contributed by atoms with Gasteiger partial charge in [-0.25, -0.2) is 0 Å². The Morgan fingerprint density at radius 2 is 1.35 bits per heavy atom. The molecule has 23 heavy (non-hydrogen) atoms. The number of phenolic OH excluding ortho intramolecular Hbond substituents is 4. The summed E-state index contributed by atoms with van der Waals surface area (Å²) < 4.78 is 0. The zero-order chi connectivity index (χ0) is 16.3. The maximum Gasteiger partial charge on any atom is 0.158 e. The molecule has 0 unspecified atom stereocenters. The summed E-state index contributed by atoms with van der Waals surface area (Å²) in [4.78, 5) is 2.07. The molecular weight excluding hydrogens is 294 g/mol. The molecule has 0 saturated carbocycles. The first-order valence-corrected chi connectivity index (χ1v) is 7.24. The Morgan fingerprint density at radius 1 is 0.783 bits per heavy atom. The van der Waals surface area contributed by atoms with Gasteiger partial charge in [-0.2, -0.15) is 0 Å². The fraction of sp³-hybridized carbons (Fsp3) is 0.111. The standard InChI is InChI=1S/C18H15NO4/c1-9-12-7-17(22)16(21)6-11(12)4-14-13-8-18(23)15(20)5-10(13)2-3-19(9)14/h2,4-8,20-23H,3H2,1H3. The molecule has 5 heteroatoms. The third-order valence-corrected chi connectivity index (χ3v) is 4.44. The lowest BCUT2D eigenvalue weighted by molar-refractivity contribution is 0.402. The molecule has 0 fully saturated rings. The second-order valence-corrected chi connectivity index (χ2v) is 5.79. The van der Waals surface area contributed by atoms with Crippen LogP contribution in [0.15, 0.2) is 24.3 Å². The predicted molar refractivity (Wildman–Crippen MR) is 86.2 cm³/mol. The molecule has 2 aromatic carbocycles. The number of aromatic hydroxyl groups is 4. The Hall–Kier alpha value is -3.08. The molecule has 0 bridgehead atoms. The van der Waals surface area contributed by atoms with Crippen molar-refractivity contribution in [3.05, 3.63) is 45.1 Å². The quantitative estimate of drug-likeness (QED) is 0.486. The minimum atomic E-state index is -0.170. The van der Waals surface area contributed by atoms with E-state index in [1.165, 1.54) is 12.1 Å². The summed E-state index contributed by atoms with van der Waals surface area (Å²) in [6, 6.07) is 6.16. The van der Waals surface area contributed by atoms with E-state index >= 15 is 0 Å². The molecule has 0 saturated heterocycles. The Balaban J connectivity index is 2.16. The van der Waals surface area contributed by atoms with Crippen molar-refractivity contribution in [2.24, 2.45) is 0 Å². The van der Waals surface area contributed by atoms with Gasteiger partial charge in [0.05, 0.1) is 0 Å². The van der Waals surface area contributed by atoms with Gasteiger partial charge in [-0.1, -0.05) is 6.08 Å². The van der Waals surface area contributed by atoms with Crippen LogP contribution >= 0.6 is 0 Å². The van der Waals surface area contributed by atoms with Gasteiger partial charge in [0.25, 0.3) is 0 Å². The van der Waals surface area contributed by atoms with E-state index in [0.29, 0.717) is 6.54 Å². The first-order valence-electron chi connectivity index (χ1n) is 7.24. The Morgan fingerprint density at radius 3 is 2.04 bits per heavy atom. The third kappa shape index (κ3) is 1.86. The van der Waals surface area contributed by atoms with E-state index in [2.05, 4.69) is 4.90 Å². The van der Waals surface area contributed by atoms with E-state index < -0.39 is 0 Å². The first-order chi connectivity index (χ1) is 11.0. The maximum atomic E-state index is 9.82. The van der Waals surface area contributed by atoms with Gasteiger partial charge in [-0.3, -0.25) is 0 Å². The predicted octanol–water partition coefficient (Wildman–Crippen LogP) is -0.664. The van der Waals surface area contributed by atoms with Crippen molar-refractivity contribution >= 4 is 23.5 Å². The van der Waals surface area contributed by atoms with Crippen LogP contribution in [0.4, 0.5) is 0 Å². The van der Waals surface area contributed by atoms with Gasteiger partial charge in [-0.15, -0.1) is 0 Å². The van der Waals surface area contributed by atoms with Crippen molar-refractivity contribution in [1.29, 1.82) is 0 Å². The number of rotatable bonds is 0. The fourth-order valence-electron chi connectivity index (χ4n) is 3.21. The normalized spacial score (nSPS) is 15.3. The van der Waals surface area contributed by atoms with Crippen LogP contribution in [0.5, 0.6) is 23.0 Å². The highest BCUT2D eigenvalue weighted by atomic mass is 16.3. The summed E-state index contributed by atoms with van der Waals surface area (Å²) in [5.41, 5.74) is 1.83. The molecule has 0 spiro atoms. The minimum Gasteiger partial charge on any atom is -0.504 e. The Kier molecular flexibility index (Phi) is 2.63. The van der Waals surface area contributed by atoms with Crippen molar-refractivity contribution < 1.29 is 20.4 Å². The zero-order valence-electron chi connectivity index (χ0n) is 12.4. The lowest BCUT2D eigenvalue weighted by Gasteiger charge is -2.30. The van der Waals surface area contributed by atoms with Crippen molar-refractivity contribution in [1.82, 2.24) is 4.90 Å². The number of benzene rings is 2. The molecule has 4 rings (SSSR count). The molecule has 0 radical (unpaired) electrons. The van der Waals surface area contributed by atoms with Crippen molar-refractivity contribution in [3.8, 4) is 23.0 Å². The van der Waals surface area contributed by atoms with Crippen LogP contribution in [-0.4, -0.2) is 31.9 Å². The molecule has 0 atom stereocenters. The van der Waals surface area contributed by atoms with Crippen LogP contribution in [0.2, 0.25) is 0 Å². The molecule has 116 valence electrons. The largest absolute Gasteiger partial charge is 0.504 e. The van der Waals surface area contributed by atoms with Gasteiger partial charge >= 0.3 is 0 Å². The summed E-state index contributed by atoms with van der Waals surface area (Å²) >= 11 is 0.